The number of rotatable bonds is 3. The summed E-state index contributed by atoms with van der Waals surface area (Å²) in [5, 5.41) is 5.20. The van der Waals surface area contributed by atoms with E-state index in [1.807, 2.05) is 17.5 Å². The number of halogens is 1. The van der Waals surface area contributed by atoms with Gasteiger partial charge in [0.15, 0.2) is 5.13 Å². The number of H-pyrrole nitrogens is 1. The second-order valence-corrected chi connectivity index (χ2v) is 5.74. The normalized spacial score (nSPS) is 10.4. The fourth-order valence-electron chi connectivity index (χ4n) is 1.64. The van der Waals surface area contributed by atoms with Gasteiger partial charge in [-0.25, -0.2) is 4.98 Å². The van der Waals surface area contributed by atoms with Gasteiger partial charge in [-0.2, -0.15) is 0 Å². The van der Waals surface area contributed by atoms with Crippen molar-refractivity contribution >= 4 is 38.3 Å². The fourth-order valence-corrected chi connectivity index (χ4v) is 2.70. The first-order chi connectivity index (χ1) is 9.72. The summed E-state index contributed by atoms with van der Waals surface area (Å²) in [6, 6.07) is 5.49. The van der Waals surface area contributed by atoms with Crippen molar-refractivity contribution in [1.82, 2.24) is 15.0 Å². The Hall–Kier alpha value is -1.99. The lowest BCUT2D eigenvalue weighted by Gasteiger charge is -1.98. The maximum absolute atomic E-state index is 12.0. The molecule has 100 valence electrons. The van der Waals surface area contributed by atoms with Crippen LogP contribution in [0, 0.1) is 0 Å². The second kappa shape index (κ2) is 5.56. The monoisotopic (exact) mass is 348 g/mol. The zero-order valence-electron chi connectivity index (χ0n) is 10.1. The van der Waals surface area contributed by atoms with Crippen LogP contribution in [0.2, 0.25) is 0 Å². The maximum atomic E-state index is 12.0. The van der Waals surface area contributed by atoms with Crippen molar-refractivity contribution < 1.29 is 4.79 Å². The molecule has 1 amide bonds. The molecule has 0 atom stereocenters. The lowest BCUT2D eigenvalue weighted by Crippen LogP contribution is -2.11. The van der Waals surface area contributed by atoms with E-state index in [0.29, 0.717) is 10.8 Å². The number of carbonyl (C=O) groups is 1. The van der Waals surface area contributed by atoms with Crippen molar-refractivity contribution in [2.45, 2.75) is 0 Å². The van der Waals surface area contributed by atoms with Gasteiger partial charge in [0.1, 0.15) is 5.69 Å². The van der Waals surface area contributed by atoms with Crippen molar-refractivity contribution in [2.24, 2.45) is 0 Å². The van der Waals surface area contributed by atoms with Gasteiger partial charge < -0.3 is 4.98 Å². The zero-order valence-corrected chi connectivity index (χ0v) is 12.5. The van der Waals surface area contributed by atoms with E-state index in [1.54, 1.807) is 24.7 Å². The van der Waals surface area contributed by atoms with Gasteiger partial charge in [-0.1, -0.05) is 0 Å². The van der Waals surface area contributed by atoms with Crippen molar-refractivity contribution in [2.75, 3.05) is 5.32 Å². The second-order valence-electron chi connectivity index (χ2n) is 3.97. The minimum Gasteiger partial charge on any atom is -0.356 e. The van der Waals surface area contributed by atoms with Crippen LogP contribution >= 0.6 is 27.3 Å². The number of nitrogens with one attached hydrogen (secondary N) is 2. The Morgan fingerprint density at radius 2 is 2.35 bits per heavy atom. The molecule has 7 heteroatoms. The molecule has 0 radical (unpaired) electrons. The van der Waals surface area contributed by atoms with Crippen LogP contribution in [0.4, 0.5) is 5.13 Å². The standard InChI is InChI=1S/C13H9BrN4OS/c14-9-4-10(16-6-9)12(19)18-13-17-11(7-20-13)8-2-1-3-15-5-8/h1-7,16H,(H,17,18,19). The molecule has 0 spiro atoms. The highest BCUT2D eigenvalue weighted by molar-refractivity contribution is 9.10. The minimum absolute atomic E-state index is 0.220. The summed E-state index contributed by atoms with van der Waals surface area (Å²) in [5.74, 6) is -0.220. The Morgan fingerprint density at radius 1 is 1.45 bits per heavy atom. The number of anilines is 1. The first-order valence-electron chi connectivity index (χ1n) is 5.73. The number of nitrogens with zero attached hydrogens (tertiary/aromatic N) is 2. The Morgan fingerprint density at radius 3 is 3.05 bits per heavy atom. The lowest BCUT2D eigenvalue weighted by atomic mass is 10.2. The van der Waals surface area contributed by atoms with Crippen LogP contribution in [-0.2, 0) is 0 Å². The SMILES string of the molecule is O=C(Nc1nc(-c2cccnc2)cs1)c1cc(Br)c[nH]1. The van der Waals surface area contributed by atoms with Gasteiger partial charge in [-0.3, -0.25) is 15.1 Å². The summed E-state index contributed by atoms with van der Waals surface area (Å²) in [5.41, 5.74) is 2.20. The topological polar surface area (TPSA) is 70.7 Å². The molecule has 0 unspecified atom stereocenters. The van der Waals surface area contributed by atoms with Crippen LogP contribution in [0.1, 0.15) is 10.5 Å². The minimum atomic E-state index is -0.220. The number of thiazole rings is 1. The quantitative estimate of drug-likeness (QED) is 0.760. The molecule has 3 heterocycles. The molecule has 5 nitrogen and oxygen atoms in total. The smallest absolute Gasteiger partial charge is 0.273 e. The Bertz CT molecular complexity index is 738. The van der Waals surface area contributed by atoms with Crippen molar-refractivity contribution in [3.05, 3.63) is 52.3 Å². The van der Waals surface area contributed by atoms with Crippen molar-refractivity contribution in [3.8, 4) is 11.3 Å². The largest absolute Gasteiger partial charge is 0.356 e. The Kier molecular flexibility index (Phi) is 3.62. The van der Waals surface area contributed by atoms with E-state index >= 15 is 0 Å². The third kappa shape index (κ3) is 2.78. The number of aromatic amines is 1. The van der Waals surface area contributed by atoms with E-state index in [2.05, 4.69) is 36.2 Å². The lowest BCUT2D eigenvalue weighted by molar-refractivity contribution is 0.102. The van der Waals surface area contributed by atoms with Crippen molar-refractivity contribution in [1.29, 1.82) is 0 Å². The third-order valence-electron chi connectivity index (χ3n) is 2.57. The predicted molar refractivity (Wildman–Crippen MR) is 81.8 cm³/mol. The molecule has 0 aliphatic rings. The summed E-state index contributed by atoms with van der Waals surface area (Å²) in [4.78, 5) is 23.3. The van der Waals surface area contributed by atoms with Crippen molar-refractivity contribution in [3.63, 3.8) is 0 Å². The summed E-state index contributed by atoms with van der Waals surface area (Å²) in [6.07, 6.45) is 5.15. The van der Waals surface area contributed by atoms with E-state index in [1.165, 1.54) is 11.3 Å². The molecule has 0 saturated carbocycles. The highest BCUT2D eigenvalue weighted by Crippen LogP contribution is 2.24. The van der Waals surface area contributed by atoms with Crippen LogP contribution in [0.25, 0.3) is 11.3 Å². The fraction of sp³-hybridized carbons (Fsp3) is 0. The van der Waals surface area contributed by atoms with E-state index in [9.17, 15) is 4.79 Å². The van der Waals surface area contributed by atoms with Gasteiger partial charge in [0, 0.05) is 34.0 Å². The van der Waals surface area contributed by atoms with Gasteiger partial charge in [0.2, 0.25) is 0 Å². The molecule has 0 saturated heterocycles. The molecule has 0 fully saturated rings. The predicted octanol–water partition coefficient (Wildman–Crippen LogP) is 3.55. The number of hydrogen-bond acceptors (Lipinski definition) is 4. The molecule has 2 N–H and O–H groups in total. The number of aromatic nitrogens is 3. The van der Waals surface area contributed by atoms with E-state index in [0.717, 1.165) is 15.7 Å². The maximum Gasteiger partial charge on any atom is 0.273 e. The first kappa shape index (κ1) is 13.0. The van der Waals surface area contributed by atoms with Crippen LogP contribution in [0.3, 0.4) is 0 Å². The molecular formula is C13H9BrN4OS. The van der Waals surface area contributed by atoms with Gasteiger partial charge >= 0.3 is 0 Å². The summed E-state index contributed by atoms with van der Waals surface area (Å²) < 4.78 is 0.831. The summed E-state index contributed by atoms with van der Waals surface area (Å²) >= 11 is 4.67. The average Bonchev–Trinajstić information content (AvgIpc) is 3.09. The van der Waals surface area contributed by atoms with Crippen LogP contribution in [-0.4, -0.2) is 20.9 Å². The van der Waals surface area contributed by atoms with Gasteiger partial charge in [-0.15, -0.1) is 11.3 Å². The molecule has 0 aliphatic heterocycles. The average molecular weight is 349 g/mol. The van der Waals surface area contributed by atoms with E-state index < -0.39 is 0 Å². The highest BCUT2D eigenvalue weighted by atomic mass is 79.9. The first-order valence-corrected chi connectivity index (χ1v) is 7.41. The summed E-state index contributed by atoms with van der Waals surface area (Å²) in [7, 11) is 0. The Balaban J connectivity index is 1.76. The summed E-state index contributed by atoms with van der Waals surface area (Å²) in [6.45, 7) is 0. The molecule has 0 bridgehead atoms. The van der Waals surface area contributed by atoms with Gasteiger partial charge in [0.05, 0.1) is 5.69 Å². The molecule has 3 rings (SSSR count). The Labute approximate surface area is 127 Å². The highest BCUT2D eigenvalue weighted by Gasteiger charge is 2.11. The van der Waals surface area contributed by atoms with Crippen LogP contribution in [0.15, 0.2) is 46.6 Å². The number of amides is 1. The van der Waals surface area contributed by atoms with Crippen LogP contribution < -0.4 is 5.32 Å². The van der Waals surface area contributed by atoms with E-state index in [4.69, 9.17) is 0 Å². The molecule has 3 aromatic heterocycles. The molecule has 0 aliphatic carbocycles. The third-order valence-corrected chi connectivity index (χ3v) is 3.79. The van der Waals surface area contributed by atoms with E-state index in [-0.39, 0.29) is 5.91 Å². The molecule has 20 heavy (non-hydrogen) atoms. The number of hydrogen-bond donors (Lipinski definition) is 2. The molecular weight excluding hydrogens is 340 g/mol. The zero-order chi connectivity index (χ0) is 13.9. The van der Waals surface area contributed by atoms with Gasteiger partial charge in [0.25, 0.3) is 5.91 Å². The molecule has 3 aromatic rings. The van der Waals surface area contributed by atoms with Gasteiger partial charge in [-0.05, 0) is 34.1 Å². The number of carbonyl (C=O) groups excluding carboxylic acids is 1. The molecule has 0 aromatic carbocycles. The van der Waals surface area contributed by atoms with Crippen LogP contribution in [0.5, 0.6) is 0 Å². The number of pyridine rings is 1.